The molecule has 2 heterocycles. The van der Waals surface area contributed by atoms with Gasteiger partial charge in [-0.05, 0) is 6.92 Å². The average molecular weight is 289 g/mol. The SMILES string of the molecule is CC(O)[C@H]1C(=O)N2C(C(=O)C(C)(C)C)CS(=O)(=O)[C@@H]12. The van der Waals surface area contributed by atoms with E-state index in [4.69, 9.17) is 0 Å². The Labute approximate surface area is 112 Å². The molecule has 4 atom stereocenters. The van der Waals surface area contributed by atoms with Gasteiger partial charge in [0.15, 0.2) is 15.6 Å². The maximum absolute atomic E-state index is 12.2. The summed E-state index contributed by atoms with van der Waals surface area (Å²) >= 11 is 0. The molecule has 19 heavy (non-hydrogen) atoms. The number of fused-ring (bicyclic) bond motifs is 1. The standard InChI is InChI=1S/C12H19NO5S/c1-6(14)8-10(16)13-7(9(15)12(2,3)4)5-19(17,18)11(8)13/h6-8,11,14H,5H2,1-4H3/t6?,7?,8-,11-/m0/s1. The van der Waals surface area contributed by atoms with Gasteiger partial charge in [-0.3, -0.25) is 9.59 Å². The molecule has 2 unspecified atom stereocenters. The van der Waals surface area contributed by atoms with Crippen molar-refractivity contribution in [1.82, 2.24) is 4.90 Å². The van der Waals surface area contributed by atoms with Crippen LogP contribution in [0.4, 0.5) is 0 Å². The van der Waals surface area contributed by atoms with Crippen LogP contribution in [0.2, 0.25) is 0 Å². The lowest BCUT2D eigenvalue weighted by atomic mass is 9.83. The van der Waals surface area contributed by atoms with Gasteiger partial charge in [-0.1, -0.05) is 20.8 Å². The summed E-state index contributed by atoms with van der Waals surface area (Å²) in [7, 11) is -3.54. The van der Waals surface area contributed by atoms with E-state index in [2.05, 4.69) is 0 Å². The Hall–Kier alpha value is -0.950. The zero-order valence-corrected chi connectivity index (χ0v) is 12.3. The van der Waals surface area contributed by atoms with E-state index < -0.39 is 44.6 Å². The predicted molar refractivity (Wildman–Crippen MR) is 67.8 cm³/mol. The van der Waals surface area contributed by atoms with Crippen LogP contribution in [0.25, 0.3) is 0 Å². The summed E-state index contributed by atoms with van der Waals surface area (Å²) in [4.78, 5) is 25.3. The van der Waals surface area contributed by atoms with E-state index in [0.29, 0.717) is 0 Å². The average Bonchev–Trinajstić information content (AvgIpc) is 2.43. The second kappa shape index (κ2) is 4.02. The minimum atomic E-state index is -3.54. The van der Waals surface area contributed by atoms with Gasteiger partial charge in [0.25, 0.3) is 0 Å². The topological polar surface area (TPSA) is 91.8 Å². The number of aliphatic hydroxyl groups is 1. The van der Waals surface area contributed by atoms with E-state index in [1.165, 1.54) is 6.92 Å². The van der Waals surface area contributed by atoms with Crippen molar-refractivity contribution < 1.29 is 23.1 Å². The maximum atomic E-state index is 12.2. The van der Waals surface area contributed by atoms with E-state index in [1.807, 2.05) is 0 Å². The van der Waals surface area contributed by atoms with E-state index in [9.17, 15) is 23.1 Å². The lowest BCUT2D eigenvalue weighted by molar-refractivity contribution is -0.163. The molecule has 1 amide bonds. The number of carbonyl (C=O) groups excluding carboxylic acids is 2. The van der Waals surface area contributed by atoms with Crippen LogP contribution in [0.5, 0.6) is 0 Å². The van der Waals surface area contributed by atoms with Gasteiger partial charge in [-0.15, -0.1) is 0 Å². The van der Waals surface area contributed by atoms with Crippen molar-refractivity contribution >= 4 is 21.5 Å². The summed E-state index contributed by atoms with van der Waals surface area (Å²) in [6, 6.07) is -0.905. The fraction of sp³-hybridized carbons (Fsp3) is 0.833. The van der Waals surface area contributed by atoms with E-state index >= 15 is 0 Å². The van der Waals surface area contributed by atoms with Crippen molar-refractivity contribution in [3.63, 3.8) is 0 Å². The van der Waals surface area contributed by atoms with Crippen molar-refractivity contribution in [2.75, 3.05) is 5.75 Å². The lowest BCUT2D eigenvalue weighted by Crippen LogP contribution is -2.66. The minimum absolute atomic E-state index is 0.254. The number of ketones is 1. The number of carbonyl (C=O) groups is 2. The Bertz CT molecular complexity index is 531. The second-order valence-electron chi connectivity index (χ2n) is 6.36. The third-order valence-electron chi connectivity index (χ3n) is 3.78. The Balaban J connectivity index is 2.36. The summed E-state index contributed by atoms with van der Waals surface area (Å²) in [5.41, 5.74) is -0.703. The zero-order chi connectivity index (χ0) is 14.7. The summed E-state index contributed by atoms with van der Waals surface area (Å²) in [6.45, 7) is 6.50. The predicted octanol–water partition coefficient (Wildman–Crippen LogP) is -0.436. The van der Waals surface area contributed by atoms with Crippen molar-refractivity contribution in [3.05, 3.63) is 0 Å². The Morgan fingerprint density at radius 2 is 1.95 bits per heavy atom. The molecule has 2 aliphatic heterocycles. The number of sulfone groups is 1. The fourth-order valence-corrected chi connectivity index (χ4v) is 5.12. The number of rotatable bonds is 2. The van der Waals surface area contributed by atoms with Gasteiger partial charge in [0.2, 0.25) is 5.91 Å². The normalized spacial score (nSPS) is 34.7. The molecule has 0 bridgehead atoms. The largest absolute Gasteiger partial charge is 0.392 e. The lowest BCUT2D eigenvalue weighted by Gasteiger charge is -2.45. The second-order valence-corrected chi connectivity index (χ2v) is 8.50. The first-order valence-corrected chi connectivity index (χ1v) is 7.96. The van der Waals surface area contributed by atoms with Gasteiger partial charge in [0.05, 0.1) is 17.8 Å². The van der Waals surface area contributed by atoms with Crippen LogP contribution >= 0.6 is 0 Å². The van der Waals surface area contributed by atoms with Gasteiger partial charge in [0, 0.05) is 5.41 Å². The number of hydrogen-bond donors (Lipinski definition) is 1. The minimum Gasteiger partial charge on any atom is -0.392 e. The molecule has 0 radical (unpaired) electrons. The van der Waals surface area contributed by atoms with Crippen LogP contribution in [0.3, 0.4) is 0 Å². The molecule has 2 fully saturated rings. The molecule has 0 saturated carbocycles. The molecule has 1 N–H and O–H groups in total. The molecule has 2 aliphatic rings. The third-order valence-corrected chi connectivity index (χ3v) is 5.81. The van der Waals surface area contributed by atoms with Crippen molar-refractivity contribution in [1.29, 1.82) is 0 Å². The van der Waals surface area contributed by atoms with E-state index in [-0.39, 0.29) is 11.5 Å². The number of hydrogen-bond acceptors (Lipinski definition) is 5. The number of aliphatic hydroxyl groups excluding tert-OH is 1. The Morgan fingerprint density at radius 3 is 2.37 bits per heavy atom. The quantitative estimate of drug-likeness (QED) is 0.696. The molecule has 0 aromatic carbocycles. The zero-order valence-electron chi connectivity index (χ0n) is 11.5. The van der Waals surface area contributed by atoms with Crippen LogP contribution in [-0.2, 0) is 19.4 Å². The van der Waals surface area contributed by atoms with Crippen LogP contribution in [0, 0.1) is 11.3 Å². The molecule has 7 heteroatoms. The summed E-state index contributed by atoms with van der Waals surface area (Å²) in [5.74, 6) is -1.95. The Kier molecular flexibility index (Phi) is 3.06. The molecule has 108 valence electrons. The number of β-lactam (4-membered cyclic amide) rings is 1. The number of amides is 1. The van der Waals surface area contributed by atoms with E-state index in [1.54, 1.807) is 20.8 Å². The van der Waals surface area contributed by atoms with Crippen molar-refractivity contribution in [2.24, 2.45) is 11.3 Å². The molecule has 0 spiro atoms. The van der Waals surface area contributed by atoms with Crippen molar-refractivity contribution in [3.8, 4) is 0 Å². The molecule has 2 rings (SSSR count). The summed E-state index contributed by atoms with van der Waals surface area (Å²) in [5, 5.41) is 8.48. The van der Waals surface area contributed by atoms with Gasteiger partial charge in [-0.25, -0.2) is 8.42 Å². The molecule has 6 nitrogen and oxygen atoms in total. The summed E-state index contributed by atoms with van der Waals surface area (Å²) < 4.78 is 24.1. The first-order valence-electron chi connectivity index (χ1n) is 6.24. The molecular formula is C12H19NO5S. The fourth-order valence-electron chi connectivity index (χ4n) is 2.78. The highest BCUT2D eigenvalue weighted by Gasteiger charge is 2.65. The molecule has 2 saturated heterocycles. The molecule has 0 aromatic heterocycles. The molecule has 0 aliphatic carbocycles. The summed E-state index contributed by atoms with van der Waals surface area (Å²) in [6.07, 6.45) is -1.02. The monoisotopic (exact) mass is 289 g/mol. The molecule has 0 aromatic rings. The van der Waals surface area contributed by atoms with Gasteiger partial charge < -0.3 is 10.0 Å². The first-order chi connectivity index (χ1) is 8.48. The maximum Gasteiger partial charge on any atom is 0.233 e. The van der Waals surface area contributed by atoms with Crippen molar-refractivity contribution in [2.45, 2.75) is 45.2 Å². The van der Waals surface area contributed by atoms with Gasteiger partial charge in [-0.2, -0.15) is 0 Å². The highest BCUT2D eigenvalue weighted by Crippen LogP contribution is 2.42. The highest BCUT2D eigenvalue weighted by molar-refractivity contribution is 7.92. The van der Waals surface area contributed by atoms with Crippen LogP contribution in [0.15, 0.2) is 0 Å². The highest BCUT2D eigenvalue weighted by atomic mass is 32.2. The van der Waals surface area contributed by atoms with Gasteiger partial charge in [0.1, 0.15) is 11.4 Å². The van der Waals surface area contributed by atoms with E-state index in [0.717, 1.165) is 4.90 Å². The first kappa shape index (κ1) is 14.5. The van der Waals surface area contributed by atoms with Crippen LogP contribution in [0.1, 0.15) is 27.7 Å². The van der Waals surface area contributed by atoms with Crippen LogP contribution in [-0.4, -0.2) is 53.4 Å². The van der Waals surface area contributed by atoms with Crippen LogP contribution < -0.4 is 0 Å². The smallest absolute Gasteiger partial charge is 0.233 e. The third kappa shape index (κ3) is 1.99. The van der Waals surface area contributed by atoms with Gasteiger partial charge >= 0.3 is 0 Å². The molecular weight excluding hydrogens is 270 g/mol. The Morgan fingerprint density at radius 1 is 1.42 bits per heavy atom. The number of nitrogens with zero attached hydrogens (tertiary/aromatic N) is 1. The number of Topliss-reactive ketones (excluding diaryl/α,β-unsaturated/α-hetero) is 1.